The third-order valence-electron chi connectivity index (χ3n) is 1.96. The molecule has 0 spiro atoms. The van der Waals surface area contributed by atoms with Crippen LogP contribution >= 0.6 is 0 Å². The van der Waals surface area contributed by atoms with E-state index in [1.807, 2.05) is 27.7 Å². The van der Waals surface area contributed by atoms with Crippen LogP contribution in [0.3, 0.4) is 0 Å². The summed E-state index contributed by atoms with van der Waals surface area (Å²) in [5.74, 6) is 0. The van der Waals surface area contributed by atoms with Crippen LogP contribution in [0.1, 0.15) is 40.5 Å². The summed E-state index contributed by atoms with van der Waals surface area (Å²) >= 11 is 0. The molecule has 0 amide bonds. The van der Waals surface area contributed by atoms with Crippen molar-refractivity contribution in [2.45, 2.75) is 40.5 Å². The number of hydrogen-bond donors (Lipinski definition) is 0. The van der Waals surface area contributed by atoms with Gasteiger partial charge in [-0.2, -0.15) is 0 Å². The van der Waals surface area contributed by atoms with E-state index in [0.29, 0.717) is 22.6 Å². The third kappa shape index (κ3) is 9.46. The predicted octanol–water partition coefficient (Wildman–Crippen LogP) is 3.48. The molecule has 0 aliphatic heterocycles. The molecule has 0 rings (SSSR count). The molecule has 0 radical (unpaired) electrons. The minimum atomic E-state index is 0.163. The topological polar surface area (TPSA) is 52.1 Å². The lowest BCUT2D eigenvalue weighted by Crippen LogP contribution is -2.19. The lowest BCUT2D eigenvalue weighted by Gasteiger charge is -2.01. The maximum atomic E-state index is 11.4. The van der Waals surface area contributed by atoms with Crippen LogP contribution in [0, 0.1) is 10.4 Å². The van der Waals surface area contributed by atoms with Crippen LogP contribution in [0.15, 0.2) is 34.8 Å². The van der Waals surface area contributed by atoms with Gasteiger partial charge in [-0.05, 0) is 51.0 Å². The van der Waals surface area contributed by atoms with E-state index in [4.69, 9.17) is 0 Å². The van der Waals surface area contributed by atoms with Crippen LogP contribution in [-0.2, 0) is 0 Å². The van der Waals surface area contributed by atoms with Crippen molar-refractivity contribution in [3.8, 4) is 0 Å². The van der Waals surface area contributed by atoms with Crippen molar-refractivity contribution < 1.29 is 9.72 Å². The predicted molar refractivity (Wildman–Crippen MR) is 72.1 cm³/mol. The molecule has 0 aromatic heterocycles. The Hall–Kier alpha value is -1.76. The highest BCUT2D eigenvalue weighted by atomic mass is 16.6. The normalized spacial score (nSPS) is 10.9. The zero-order valence-electron chi connectivity index (χ0n) is 11.7. The molecule has 0 unspecified atom stereocenters. The van der Waals surface area contributed by atoms with Gasteiger partial charge in [0.25, 0.3) is 0 Å². The summed E-state index contributed by atoms with van der Waals surface area (Å²) < 4.78 is 0. The first-order valence-corrected chi connectivity index (χ1v) is 6.09. The number of hydrogen-bond acceptors (Lipinski definition) is 2. The molecular formula is C14H22N2O2. The summed E-state index contributed by atoms with van der Waals surface area (Å²) in [6.45, 7) is 8.05. The van der Waals surface area contributed by atoms with Crippen LogP contribution in [-0.4, -0.2) is 22.8 Å². The minimum Gasteiger partial charge on any atom is -0.567 e. The monoisotopic (exact) mass is 250 g/mol. The van der Waals surface area contributed by atoms with Gasteiger partial charge in [0.05, 0.1) is 0 Å². The first-order valence-electron chi connectivity index (χ1n) is 6.09. The van der Waals surface area contributed by atoms with Crippen molar-refractivity contribution in [2.75, 3.05) is 13.1 Å². The van der Waals surface area contributed by atoms with E-state index in [0.717, 1.165) is 11.1 Å². The van der Waals surface area contributed by atoms with Crippen molar-refractivity contribution in [3.05, 3.63) is 45.2 Å². The number of azo groups is 1. The van der Waals surface area contributed by atoms with Crippen molar-refractivity contribution in [2.24, 2.45) is 0 Å². The van der Waals surface area contributed by atoms with E-state index in [1.54, 1.807) is 12.2 Å². The molecular weight excluding hydrogens is 228 g/mol. The lowest BCUT2D eigenvalue weighted by molar-refractivity contribution is -0.969. The van der Waals surface area contributed by atoms with Gasteiger partial charge in [-0.1, -0.05) is 0 Å². The first kappa shape index (κ1) is 16.2. The van der Waals surface area contributed by atoms with Gasteiger partial charge < -0.3 is 10.4 Å². The van der Waals surface area contributed by atoms with Gasteiger partial charge in [-0.25, -0.2) is 0 Å². The molecule has 0 aliphatic carbocycles. The van der Waals surface area contributed by atoms with Gasteiger partial charge in [0, 0.05) is 22.6 Å². The number of rotatable bonds is 6. The molecule has 0 N–H and O–H groups in total. The quantitative estimate of drug-likeness (QED) is 0.313. The minimum absolute atomic E-state index is 0.163. The summed E-state index contributed by atoms with van der Waals surface area (Å²) in [5.41, 5.74) is 8.09. The Morgan fingerprint density at radius 3 is 1.44 bits per heavy atom. The van der Waals surface area contributed by atoms with Crippen molar-refractivity contribution in [1.82, 2.24) is 0 Å². The lowest BCUT2D eigenvalue weighted by atomic mass is 10.3. The summed E-state index contributed by atoms with van der Waals surface area (Å²) in [6.07, 6.45) is 4.60. The number of nitrogens with zero attached hydrogens (tertiary/aromatic N) is 2. The second kappa shape index (κ2) is 9.29. The highest BCUT2D eigenvalue weighted by Crippen LogP contribution is 1.91. The molecule has 0 fully saturated rings. The Morgan fingerprint density at radius 1 is 0.833 bits per heavy atom. The van der Waals surface area contributed by atoms with E-state index >= 15 is 0 Å². The molecule has 18 heavy (non-hydrogen) atoms. The van der Waals surface area contributed by atoms with Crippen LogP contribution < -0.4 is 0 Å². The summed E-state index contributed by atoms with van der Waals surface area (Å²) in [4.78, 5) is 0.888. The fraction of sp³-hybridized carbons (Fsp3) is 0.571. The Bertz CT molecular complexity index is 373. The third-order valence-corrected chi connectivity index (χ3v) is 1.96. The first-order chi connectivity index (χ1) is 8.43. The Balaban J connectivity index is 4.20. The zero-order valence-corrected chi connectivity index (χ0v) is 11.7. The van der Waals surface area contributed by atoms with E-state index in [1.165, 1.54) is 0 Å². The summed E-state index contributed by atoms with van der Waals surface area (Å²) in [6, 6.07) is 0. The average molecular weight is 250 g/mol. The molecule has 0 saturated carbocycles. The SMILES string of the molecule is CC(C)=C=CCC/[N+]([O-])=[N+](\[O-])CCC=C=C(C)C. The molecule has 4 nitrogen and oxygen atoms in total. The molecule has 4 heteroatoms. The van der Waals surface area contributed by atoms with E-state index < -0.39 is 0 Å². The fourth-order valence-corrected chi connectivity index (χ4v) is 1.13. The van der Waals surface area contributed by atoms with Gasteiger partial charge in [0.2, 0.25) is 13.1 Å². The largest absolute Gasteiger partial charge is 0.567 e. The van der Waals surface area contributed by atoms with Crippen molar-refractivity contribution in [3.63, 3.8) is 0 Å². The Kier molecular flexibility index (Phi) is 8.38. The van der Waals surface area contributed by atoms with Crippen LogP contribution in [0.25, 0.3) is 0 Å². The second-order valence-electron chi connectivity index (χ2n) is 4.43. The molecule has 100 valence electrons. The highest BCUT2D eigenvalue weighted by molar-refractivity contribution is 4.94. The van der Waals surface area contributed by atoms with E-state index in [9.17, 15) is 10.4 Å². The maximum Gasteiger partial charge on any atom is 0.224 e. The zero-order chi connectivity index (χ0) is 14.0. The van der Waals surface area contributed by atoms with Gasteiger partial charge in [-0.3, -0.25) is 0 Å². The van der Waals surface area contributed by atoms with E-state index in [-0.39, 0.29) is 13.1 Å². The summed E-state index contributed by atoms with van der Waals surface area (Å²) in [5, 5.41) is 22.7. The molecule has 0 bridgehead atoms. The van der Waals surface area contributed by atoms with E-state index in [2.05, 4.69) is 11.5 Å². The van der Waals surface area contributed by atoms with Crippen LogP contribution in [0.2, 0.25) is 0 Å². The molecule has 0 saturated heterocycles. The highest BCUT2D eigenvalue weighted by Gasteiger charge is 2.04. The van der Waals surface area contributed by atoms with Gasteiger partial charge in [0.15, 0.2) is 0 Å². The van der Waals surface area contributed by atoms with Gasteiger partial charge >= 0.3 is 0 Å². The molecule has 0 aromatic rings. The van der Waals surface area contributed by atoms with Gasteiger partial charge in [0.1, 0.15) is 0 Å². The van der Waals surface area contributed by atoms with Gasteiger partial charge in [-0.15, -0.1) is 11.5 Å². The van der Waals surface area contributed by atoms with Crippen LogP contribution in [0.4, 0.5) is 0 Å². The molecule has 0 atom stereocenters. The second-order valence-corrected chi connectivity index (χ2v) is 4.43. The smallest absolute Gasteiger partial charge is 0.224 e. The van der Waals surface area contributed by atoms with Crippen LogP contribution in [0.5, 0.6) is 0 Å². The molecule has 0 aromatic carbocycles. The molecule has 0 aliphatic rings. The molecule has 0 heterocycles. The summed E-state index contributed by atoms with van der Waals surface area (Å²) in [7, 11) is 0. The average Bonchev–Trinajstić information content (AvgIpc) is 2.29. The maximum absolute atomic E-state index is 11.4. The number of hydroxylamine groups is 2. The standard InChI is InChI=1S/C14H22N2O2/c1-13(2)9-5-7-11-15(17)16(18)12-8-6-10-14(3)4/h5-6H,7-8,11-12H2,1-4H3/b16-15+. The fourth-order valence-electron chi connectivity index (χ4n) is 1.13. The Morgan fingerprint density at radius 2 is 1.17 bits per heavy atom. The van der Waals surface area contributed by atoms with Crippen molar-refractivity contribution in [1.29, 1.82) is 0 Å². The van der Waals surface area contributed by atoms with Crippen molar-refractivity contribution >= 4 is 0 Å². The Labute approximate surface area is 109 Å².